The van der Waals surface area contributed by atoms with Gasteiger partial charge in [-0.25, -0.2) is 0 Å². The summed E-state index contributed by atoms with van der Waals surface area (Å²) in [6.45, 7) is 0. The normalized spacial score (nSPS) is 27.1. The number of hydrogen-bond donors (Lipinski definition) is 2. The summed E-state index contributed by atoms with van der Waals surface area (Å²) in [7, 11) is 0. The first kappa shape index (κ1) is 12.2. The van der Waals surface area contributed by atoms with Crippen LogP contribution in [0.15, 0.2) is 0 Å². The molecule has 0 aromatic heterocycles. The summed E-state index contributed by atoms with van der Waals surface area (Å²) in [5.41, 5.74) is 5.67. The largest absolute Gasteiger partial charge is 0.392 e. The summed E-state index contributed by atoms with van der Waals surface area (Å²) in [5.74, 6) is 1.73. The predicted molar refractivity (Wildman–Crippen MR) is 71.5 cm³/mol. The summed E-state index contributed by atoms with van der Waals surface area (Å²) in [4.78, 5) is 12.4. The Bertz CT molecular complexity index is 286. The molecule has 1 saturated carbocycles. The van der Waals surface area contributed by atoms with Gasteiger partial charge in [0.15, 0.2) is 0 Å². The molecular formula is C11H18N2OS2. The lowest BCUT2D eigenvalue weighted by Gasteiger charge is -2.24. The molecule has 5 heteroatoms. The van der Waals surface area contributed by atoms with Crippen LogP contribution in [-0.2, 0) is 4.79 Å². The lowest BCUT2D eigenvalue weighted by Crippen LogP contribution is -2.48. The summed E-state index contributed by atoms with van der Waals surface area (Å²) < 4.78 is 0. The molecule has 1 heterocycles. The van der Waals surface area contributed by atoms with Crippen molar-refractivity contribution < 1.29 is 4.79 Å². The van der Waals surface area contributed by atoms with Crippen molar-refractivity contribution in [2.24, 2.45) is 11.7 Å². The summed E-state index contributed by atoms with van der Waals surface area (Å²) in [6.07, 6.45) is 5.66. The minimum atomic E-state index is -0.0648. The van der Waals surface area contributed by atoms with Crippen molar-refractivity contribution >= 4 is 34.9 Å². The number of hydrogen-bond acceptors (Lipinski definition) is 3. The molecule has 2 unspecified atom stereocenters. The van der Waals surface area contributed by atoms with E-state index in [1.807, 2.05) is 0 Å². The van der Waals surface area contributed by atoms with Gasteiger partial charge < -0.3 is 11.1 Å². The van der Waals surface area contributed by atoms with E-state index < -0.39 is 0 Å². The second-order valence-electron chi connectivity index (χ2n) is 4.58. The van der Waals surface area contributed by atoms with Crippen LogP contribution in [0.1, 0.15) is 32.1 Å². The lowest BCUT2D eigenvalue weighted by molar-refractivity contribution is -0.121. The average molecular weight is 258 g/mol. The van der Waals surface area contributed by atoms with Gasteiger partial charge in [0.05, 0.1) is 16.3 Å². The molecule has 3 N–H and O–H groups in total. The standard InChI is InChI=1S/C11H18N2OS2/c12-10(15)9(7-4-5-7)13-11(14)8-3-1-2-6-16-8/h7-9H,1-6H2,(H2,12,15)(H,13,14). The fourth-order valence-corrected chi connectivity index (χ4v) is 3.50. The van der Waals surface area contributed by atoms with Gasteiger partial charge in [-0.3, -0.25) is 4.79 Å². The van der Waals surface area contributed by atoms with Crippen LogP contribution < -0.4 is 11.1 Å². The van der Waals surface area contributed by atoms with Crippen LogP contribution >= 0.6 is 24.0 Å². The average Bonchev–Trinajstić information content (AvgIpc) is 3.10. The number of rotatable bonds is 4. The first-order valence-corrected chi connectivity index (χ1v) is 7.35. The molecule has 0 aromatic carbocycles. The summed E-state index contributed by atoms with van der Waals surface area (Å²) in [6, 6.07) is -0.0648. The molecule has 3 nitrogen and oxygen atoms in total. The first-order chi connectivity index (χ1) is 7.68. The number of thiocarbonyl (C=S) groups is 1. The first-order valence-electron chi connectivity index (χ1n) is 5.90. The zero-order valence-corrected chi connectivity index (χ0v) is 10.9. The highest BCUT2D eigenvalue weighted by Gasteiger charge is 2.35. The fraction of sp³-hybridized carbons (Fsp3) is 0.818. The van der Waals surface area contributed by atoms with Gasteiger partial charge in [0.25, 0.3) is 0 Å². The van der Waals surface area contributed by atoms with Crippen molar-refractivity contribution in [1.82, 2.24) is 5.32 Å². The van der Waals surface area contributed by atoms with Crippen molar-refractivity contribution in [2.75, 3.05) is 5.75 Å². The molecule has 2 fully saturated rings. The van der Waals surface area contributed by atoms with Crippen molar-refractivity contribution in [3.63, 3.8) is 0 Å². The Hall–Kier alpha value is -0.290. The minimum absolute atomic E-state index is 0.0648. The maximum atomic E-state index is 12.0. The van der Waals surface area contributed by atoms with Gasteiger partial charge in [-0.15, -0.1) is 11.8 Å². The predicted octanol–water partition coefficient (Wildman–Crippen LogP) is 1.45. The highest BCUT2D eigenvalue weighted by molar-refractivity contribution is 8.00. The quantitative estimate of drug-likeness (QED) is 0.750. The van der Waals surface area contributed by atoms with E-state index in [0.717, 1.165) is 31.4 Å². The van der Waals surface area contributed by atoms with Gasteiger partial charge in [0, 0.05) is 0 Å². The minimum Gasteiger partial charge on any atom is -0.392 e. The monoisotopic (exact) mass is 258 g/mol. The Morgan fingerprint density at radius 3 is 2.62 bits per heavy atom. The topological polar surface area (TPSA) is 55.1 Å². The van der Waals surface area contributed by atoms with Gasteiger partial charge in [0.2, 0.25) is 5.91 Å². The summed E-state index contributed by atoms with van der Waals surface area (Å²) >= 11 is 6.77. The van der Waals surface area contributed by atoms with E-state index in [-0.39, 0.29) is 17.2 Å². The maximum Gasteiger partial charge on any atom is 0.233 e. The third kappa shape index (κ3) is 3.10. The molecule has 0 radical (unpaired) electrons. The number of nitrogens with two attached hydrogens (primary N) is 1. The number of carbonyl (C=O) groups excluding carboxylic acids is 1. The Kier molecular flexibility index (Phi) is 4.08. The molecule has 90 valence electrons. The van der Waals surface area contributed by atoms with E-state index >= 15 is 0 Å². The van der Waals surface area contributed by atoms with E-state index in [4.69, 9.17) is 18.0 Å². The molecule has 1 aliphatic heterocycles. The van der Waals surface area contributed by atoms with Gasteiger partial charge in [-0.2, -0.15) is 0 Å². The molecule has 1 aliphatic carbocycles. The fourth-order valence-electron chi connectivity index (χ4n) is 2.04. The SMILES string of the molecule is NC(=S)C(NC(=O)C1CCCCS1)C1CC1. The van der Waals surface area contributed by atoms with Crippen molar-refractivity contribution in [1.29, 1.82) is 0 Å². The molecule has 16 heavy (non-hydrogen) atoms. The van der Waals surface area contributed by atoms with Crippen LogP contribution in [0.4, 0.5) is 0 Å². The Morgan fingerprint density at radius 2 is 2.12 bits per heavy atom. The highest BCUT2D eigenvalue weighted by Crippen LogP contribution is 2.33. The molecule has 0 aromatic rings. The van der Waals surface area contributed by atoms with Gasteiger partial charge in [0.1, 0.15) is 0 Å². The van der Waals surface area contributed by atoms with Crippen molar-refractivity contribution in [3.05, 3.63) is 0 Å². The smallest absolute Gasteiger partial charge is 0.233 e. The zero-order chi connectivity index (χ0) is 11.5. The molecule has 2 rings (SSSR count). The van der Waals surface area contributed by atoms with E-state index in [9.17, 15) is 4.79 Å². The lowest BCUT2D eigenvalue weighted by atomic mass is 10.1. The third-order valence-corrected chi connectivity index (χ3v) is 4.80. The van der Waals surface area contributed by atoms with Crippen LogP contribution in [0.25, 0.3) is 0 Å². The van der Waals surface area contributed by atoms with Gasteiger partial charge >= 0.3 is 0 Å². The van der Waals surface area contributed by atoms with E-state index in [2.05, 4.69) is 5.32 Å². The van der Waals surface area contributed by atoms with Crippen LogP contribution in [-0.4, -0.2) is 27.9 Å². The van der Waals surface area contributed by atoms with Crippen LogP contribution in [0.3, 0.4) is 0 Å². The van der Waals surface area contributed by atoms with Crippen molar-refractivity contribution in [3.8, 4) is 0 Å². The van der Waals surface area contributed by atoms with Crippen molar-refractivity contribution in [2.45, 2.75) is 43.4 Å². The maximum absolute atomic E-state index is 12.0. The molecule has 1 amide bonds. The van der Waals surface area contributed by atoms with Crippen LogP contribution in [0.2, 0.25) is 0 Å². The number of carbonyl (C=O) groups is 1. The third-order valence-electron chi connectivity index (χ3n) is 3.17. The Morgan fingerprint density at radius 1 is 1.38 bits per heavy atom. The second kappa shape index (κ2) is 5.36. The molecule has 2 atom stereocenters. The van der Waals surface area contributed by atoms with E-state index in [1.54, 1.807) is 11.8 Å². The van der Waals surface area contributed by atoms with Crippen LogP contribution in [0, 0.1) is 5.92 Å². The molecule has 2 aliphatic rings. The summed E-state index contributed by atoms with van der Waals surface area (Å²) in [5, 5.41) is 3.14. The Labute approximate surface area is 106 Å². The second-order valence-corrected chi connectivity index (χ2v) is 6.36. The van der Waals surface area contributed by atoms with Gasteiger partial charge in [-0.1, -0.05) is 18.6 Å². The molecular weight excluding hydrogens is 240 g/mol. The number of nitrogens with one attached hydrogen (secondary N) is 1. The van der Waals surface area contributed by atoms with E-state index in [1.165, 1.54) is 6.42 Å². The molecule has 1 saturated heterocycles. The van der Waals surface area contributed by atoms with E-state index in [0.29, 0.717) is 10.9 Å². The van der Waals surface area contributed by atoms with Gasteiger partial charge in [-0.05, 0) is 37.4 Å². The molecule has 0 bridgehead atoms. The number of thioether (sulfide) groups is 1. The Balaban J connectivity index is 1.86. The zero-order valence-electron chi connectivity index (χ0n) is 9.28. The highest BCUT2D eigenvalue weighted by atomic mass is 32.2. The molecule has 0 spiro atoms. The van der Waals surface area contributed by atoms with Crippen LogP contribution in [0.5, 0.6) is 0 Å². The number of amides is 1.